The van der Waals surface area contributed by atoms with Crippen molar-refractivity contribution in [2.75, 3.05) is 12.4 Å². The highest BCUT2D eigenvalue weighted by Gasteiger charge is 2.14. The SMILES string of the molecule is COC(=O)CCCc1ccc2c(c1)CCC(=O)N2. The Morgan fingerprint density at radius 3 is 3.00 bits per heavy atom. The van der Waals surface area contributed by atoms with Crippen LogP contribution in [-0.2, 0) is 27.2 Å². The molecule has 0 fully saturated rings. The maximum Gasteiger partial charge on any atom is 0.305 e. The Morgan fingerprint density at radius 2 is 2.22 bits per heavy atom. The molecule has 4 nitrogen and oxygen atoms in total. The summed E-state index contributed by atoms with van der Waals surface area (Å²) in [5, 5.41) is 2.86. The van der Waals surface area contributed by atoms with Gasteiger partial charge in [-0.1, -0.05) is 12.1 Å². The molecular formula is C14H17NO3. The molecule has 0 aliphatic carbocycles. The second-order valence-electron chi connectivity index (χ2n) is 4.47. The zero-order chi connectivity index (χ0) is 13.0. The van der Waals surface area contributed by atoms with Crippen molar-refractivity contribution in [3.63, 3.8) is 0 Å². The lowest BCUT2D eigenvalue weighted by Crippen LogP contribution is -2.18. The number of methoxy groups -OCH3 is 1. The van der Waals surface area contributed by atoms with E-state index in [1.807, 2.05) is 12.1 Å². The Hall–Kier alpha value is -1.84. The first-order valence-corrected chi connectivity index (χ1v) is 6.17. The van der Waals surface area contributed by atoms with Crippen molar-refractivity contribution in [2.24, 2.45) is 0 Å². The van der Waals surface area contributed by atoms with Crippen LogP contribution in [0.15, 0.2) is 18.2 Å². The maximum atomic E-state index is 11.2. The number of anilines is 1. The number of amides is 1. The number of aryl methyl sites for hydroxylation is 2. The van der Waals surface area contributed by atoms with E-state index in [0.717, 1.165) is 24.9 Å². The molecule has 2 rings (SSSR count). The number of benzene rings is 1. The minimum absolute atomic E-state index is 0.0842. The fourth-order valence-corrected chi connectivity index (χ4v) is 2.13. The molecule has 0 radical (unpaired) electrons. The molecule has 1 aromatic carbocycles. The summed E-state index contributed by atoms with van der Waals surface area (Å²) in [6, 6.07) is 6.06. The van der Waals surface area contributed by atoms with Crippen LogP contribution < -0.4 is 5.32 Å². The zero-order valence-electron chi connectivity index (χ0n) is 10.5. The topological polar surface area (TPSA) is 55.4 Å². The average molecular weight is 247 g/mol. The van der Waals surface area contributed by atoms with Gasteiger partial charge >= 0.3 is 5.97 Å². The molecule has 1 heterocycles. The van der Waals surface area contributed by atoms with Crippen molar-refractivity contribution in [3.05, 3.63) is 29.3 Å². The fourth-order valence-electron chi connectivity index (χ4n) is 2.13. The second-order valence-corrected chi connectivity index (χ2v) is 4.47. The molecule has 1 aliphatic heterocycles. The van der Waals surface area contributed by atoms with Gasteiger partial charge in [0.25, 0.3) is 0 Å². The largest absolute Gasteiger partial charge is 0.469 e. The van der Waals surface area contributed by atoms with Gasteiger partial charge in [0.05, 0.1) is 7.11 Å². The van der Waals surface area contributed by atoms with E-state index in [0.29, 0.717) is 12.8 Å². The van der Waals surface area contributed by atoms with E-state index >= 15 is 0 Å². The van der Waals surface area contributed by atoms with Crippen LogP contribution >= 0.6 is 0 Å². The molecule has 0 bridgehead atoms. The molecule has 18 heavy (non-hydrogen) atoms. The van der Waals surface area contributed by atoms with Gasteiger partial charge in [-0.2, -0.15) is 0 Å². The number of esters is 1. The Labute approximate surface area is 106 Å². The highest BCUT2D eigenvalue weighted by atomic mass is 16.5. The van der Waals surface area contributed by atoms with Crippen LogP contribution in [0.3, 0.4) is 0 Å². The highest BCUT2D eigenvalue weighted by Crippen LogP contribution is 2.24. The second kappa shape index (κ2) is 5.67. The third kappa shape index (κ3) is 3.09. The number of ether oxygens (including phenoxy) is 1. The standard InChI is InChI=1S/C14H17NO3/c1-18-14(17)4-2-3-10-5-7-12-11(9-10)6-8-13(16)15-12/h5,7,9H,2-4,6,8H2,1H3,(H,15,16). The monoisotopic (exact) mass is 247 g/mol. The molecule has 0 saturated heterocycles. The Bertz CT molecular complexity index is 468. The summed E-state index contributed by atoms with van der Waals surface area (Å²) in [4.78, 5) is 22.2. The quantitative estimate of drug-likeness (QED) is 0.829. The molecule has 0 aromatic heterocycles. The number of hydrogen-bond donors (Lipinski definition) is 1. The van der Waals surface area contributed by atoms with Gasteiger partial charge in [-0.15, -0.1) is 0 Å². The van der Waals surface area contributed by atoms with Crippen molar-refractivity contribution >= 4 is 17.6 Å². The van der Waals surface area contributed by atoms with Gasteiger partial charge in [-0.3, -0.25) is 9.59 Å². The number of hydrogen-bond acceptors (Lipinski definition) is 3. The normalized spacial score (nSPS) is 13.7. The molecule has 96 valence electrons. The van der Waals surface area contributed by atoms with Crippen LogP contribution in [0.1, 0.15) is 30.4 Å². The molecule has 0 atom stereocenters. The van der Waals surface area contributed by atoms with Gasteiger partial charge in [-0.05, 0) is 36.5 Å². The minimum Gasteiger partial charge on any atom is -0.469 e. The van der Waals surface area contributed by atoms with E-state index in [1.54, 1.807) is 0 Å². The molecule has 1 amide bonds. The summed E-state index contributed by atoms with van der Waals surface area (Å²) in [5.41, 5.74) is 3.31. The Kier molecular flexibility index (Phi) is 3.97. The van der Waals surface area contributed by atoms with Gasteiger partial charge in [0.2, 0.25) is 5.91 Å². The van der Waals surface area contributed by atoms with Crippen molar-refractivity contribution < 1.29 is 14.3 Å². The van der Waals surface area contributed by atoms with Crippen molar-refractivity contribution in [1.29, 1.82) is 0 Å². The summed E-state index contributed by atoms with van der Waals surface area (Å²) in [7, 11) is 1.41. The maximum absolute atomic E-state index is 11.2. The smallest absolute Gasteiger partial charge is 0.305 e. The molecule has 0 spiro atoms. The van der Waals surface area contributed by atoms with Crippen LogP contribution in [-0.4, -0.2) is 19.0 Å². The summed E-state index contributed by atoms with van der Waals surface area (Å²) in [6.07, 6.45) is 3.45. The zero-order valence-corrected chi connectivity index (χ0v) is 10.5. The lowest BCUT2D eigenvalue weighted by atomic mass is 9.98. The Morgan fingerprint density at radius 1 is 1.39 bits per heavy atom. The lowest BCUT2D eigenvalue weighted by molar-refractivity contribution is -0.140. The Balaban J connectivity index is 1.95. The van der Waals surface area contributed by atoms with E-state index in [9.17, 15) is 9.59 Å². The third-order valence-corrected chi connectivity index (χ3v) is 3.14. The van der Waals surface area contributed by atoms with E-state index in [-0.39, 0.29) is 11.9 Å². The van der Waals surface area contributed by atoms with Crippen LogP contribution in [0.4, 0.5) is 5.69 Å². The predicted octanol–water partition coefficient (Wildman–Crippen LogP) is 2.07. The van der Waals surface area contributed by atoms with Crippen LogP contribution in [0.2, 0.25) is 0 Å². The van der Waals surface area contributed by atoms with Gasteiger partial charge in [0, 0.05) is 18.5 Å². The number of rotatable bonds is 4. The van der Waals surface area contributed by atoms with Crippen LogP contribution in [0, 0.1) is 0 Å². The lowest BCUT2D eigenvalue weighted by Gasteiger charge is -2.17. The van der Waals surface area contributed by atoms with Gasteiger partial charge < -0.3 is 10.1 Å². The molecule has 0 unspecified atom stereocenters. The summed E-state index contributed by atoms with van der Waals surface area (Å²) < 4.78 is 4.60. The van der Waals surface area contributed by atoms with Crippen molar-refractivity contribution in [1.82, 2.24) is 0 Å². The summed E-state index contributed by atoms with van der Waals surface area (Å²) in [5.74, 6) is -0.0823. The molecule has 1 aromatic rings. The van der Waals surface area contributed by atoms with Crippen LogP contribution in [0.25, 0.3) is 0 Å². The van der Waals surface area contributed by atoms with Gasteiger partial charge in [0.15, 0.2) is 0 Å². The molecule has 1 aliphatic rings. The number of carbonyl (C=O) groups excluding carboxylic acids is 2. The van der Waals surface area contributed by atoms with Crippen LogP contribution in [0.5, 0.6) is 0 Å². The first-order chi connectivity index (χ1) is 8.69. The average Bonchev–Trinajstić information content (AvgIpc) is 2.38. The fraction of sp³-hybridized carbons (Fsp3) is 0.429. The molecular weight excluding hydrogens is 230 g/mol. The van der Waals surface area contributed by atoms with Crippen molar-refractivity contribution in [2.45, 2.75) is 32.1 Å². The summed E-state index contributed by atoms with van der Waals surface area (Å²) >= 11 is 0. The number of fused-ring (bicyclic) bond motifs is 1. The minimum atomic E-state index is -0.166. The third-order valence-electron chi connectivity index (χ3n) is 3.14. The highest BCUT2D eigenvalue weighted by molar-refractivity contribution is 5.93. The van der Waals surface area contributed by atoms with Gasteiger partial charge in [0.1, 0.15) is 0 Å². The first-order valence-electron chi connectivity index (χ1n) is 6.17. The molecule has 4 heteroatoms. The van der Waals surface area contributed by atoms with E-state index < -0.39 is 0 Å². The predicted molar refractivity (Wildman–Crippen MR) is 68.3 cm³/mol. The van der Waals surface area contributed by atoms with E-state index in [1.165, 1.54) is 18.2 Å². The van der Waals surface area contributed by atoms with E-state index in [2.05, 4.69) is 16.1 Å². The van der Waals surface area contributed by atoms with Crippen molar-refractivity contribution in [3.8, 4) is 0 Å². The number of carbonyl (C=O) groups is 2. The number of nitrogens with one attached hydrogen (secondary N) is 1. The molecule has 0 saturated carbocycles. The first kappa shape index (κ1) is 12.6. The van der Waals surface area contributed by atoms with E-state index in [4.69, 9.17) is 0 Å². The molecule has 1 N–H and O–H groups in total. The van der Waals surface area contributed by atoms with Gasteiger partial charge in [-0.25, -0.2) is 0 Å². The summed E-state index contributed by atoms with van der Waals surface area (Å²) in [6.45, 7) is 0.